The highest BCUT2D eigenvalue weighted by Gasteiger charge is 2.41. The van der Waals surface area contributed by atoms with Crippen molar-refractivity contribution in [1.29, 1.82) is 0 Å². The molecule has 6 aromatic carbocycles. The highest BCUT2D eigenvalue weighted by atomic mass is 19.1. The zero-order valence-electron chi connectivity index (χ0n) is 39.0. The SMILES string of the molecule is CC(C)(C)c1ccc2c(c1)C(C)(C)c1cc(C(C)(C)C)cc(-c3cc(F)cc(-c4cc(F)cc(-c5cc(C(C)(C)C)cc6c5-c5ccc(C(C)(C)C)cc5C6(C)C)c4)c3)c1-2. The molecule has 0 nitrogen and oxygen atoms in total. The van der Waals surface area contributed by atoms with Crippen molar-refractivity contribution in [2.24, 2.45) is 0 Å². The maximum atomic E-state index is 16.3. The van der Waals surface area contributed by atoms with Crippen molar-refractivity contribution in [2.45, 2.75) is 143 Å². The maximum Gasteiger partial charge on any atom is 0.124 e. The Morgan fingerprint density at radius 3 is 0.933 bits per heavy atom. The van der Waals surface area contributed by atoms with E-state index in [0.29, 0.717) is 11.1 Å². The highest BCUT2D eigenvalue weighted by Crippen LogP contribution is 2.56. The van der Waals surface area contributed by atoms with Crippen LogP contribution in [0.3, 0.4) is 0 Å². The minimum atomic E-state index is -0.343. The molecule has 0 amide bonds. The summed E-state index contributed by atoms with van der Waals surface area (Å²) in [4.78, 5) is 0. The van der Waals surface area contributed by atoms with E-state index in [9.17, 15) is 0 Å². The summed E-state index contributed by atoms with van der Waals surface area (Å²) in [5.41, 5.74) is 19.0. The molecular formula is C58H64F2. The van der Waals surface area contributed by atoms with Gasteiger partial charge in [0.05, 0.1) is 0 Å². The molecule has 2 aliphatic rings. The van der Waals surface area contributed by atoms with Gasteiger partial charge in [0, 0.05) is 10.8 Å². The summed E-state index contributed by atoms with van der Waals surface area (Å²) in [6.45, 7) is 36.3. The van der Waals surface area contributed by atoms with Crippen LogP contribution in [0.1, 0.15) is 155 Å². The van der Waals surface area contributed by atoms with E-state index in [2.05, 4.69) is 184 Å². The average Bonchev–Trinajstić information content (AvgIpc) is 3.51. The van der Waals surface area contributed by atoms with Gasteiger partial charge in [0.1, 0.15) is 11.6 Å². The highest BCUT2D eigenvalue weighted by molar-refractivity contribution is 5.96. The molecule has 0 saturated carbocycles. The molecule has 0 N–H and O–H groups in total. The molecule has 0 bridgehead atoms. The van der Waals surface area contributed by atoms with Gasteiger partial charge < -0.3 is 0 Å². The summed E-state index contributed by atoms with van der Waals surface area (Å²) in [7, 11) is 0. The van der Waals surface area contributed by atoms with Crippen LogP contribution in [0.4, 0.5) is 8.78 Å². The first kappa shape index (κ1) is 41.9. The molecule has 0 aliphatic heterocycles. The second-order valence-electron chi connectivity index (χ2n) is 23.1. The Morgan fingerprint density at radius 1 is 0.317 bits per heavy atom. The van der Waals surface area contributed by atoms with E-state index in [-0.39, 0.29) is 44.1 Å². The fourth-order valence-corrected chi connectivity index (χ4v) is 9.78. The molecule has 0 radical (unpaired) electrons. The molecule has 2 aliphatic carbocycles. The van der Waals surface area contributed by atoms with E-state index >= 15 is 8.78 Å². The van der Waals surface area contributed by atoms with Gasteiger partial charge in [-0.25, -0.2) is 8.78 Å². The zero-order valence-corrected chi connectivity index (χ0v) is 39.0. The van der Waals surface area contributed by atoms with Gasteiger partial charge in [-0.05, 0) is 170 Å². The third-order valence-electron chi connectivity index (χ3n) is 13.8. The Hall–Kier alpha value is -4.82. The summed E-state index contributed by atoms with van der Waals surface area (Å²) in [5, 5.41) is 0. The van der Waals surface area contributed by atoms with Crippen LogP contribution in [-0.4, -0.2) is 0 Å². The van der Waals surface area contributed by atoms with Gasteiger partial charge in [0.15, 0.2) is 0 Å². The van der Waals surface area contributed by atoms with Gasteiger partial charge in [-0.3, -0.25) is 0 Å². The topological polar surface area (TPSA) is 0 Å². The van der Waals surface area contributed by atoms with Crippen LogP contribution in [0.5, 0.6) is 0 Å². The average molecular weight is 799 g/mol. The normalized spacial score (nSPS) is 15.4. The maximum absolute atomic E-state index is 16.3. The first-order valence-electron chi connectivity index (χ1n) is 21.9. The van der Waals surface area contributed by atoms with Crippen LogP contribution in [0.2, 0.25) is 0 Å². The van der Waals surface area contributed by atoms with E-state index in [1.165, 1.54) is 55.6 Å². The number of benzene rings is 6. The summed E-state index contributed by atoms with van der Waals surface area (Å²) in [5.74, 6) is -0.686. The molecule has 6 aromatic rings. The Balaban J connectivity index is 1.34. The predicted octanol–water partition coefficient (Wildman–Crippen LogP) is 16.8. The van der Waals surface area contributed by atoms with Crippen LogP contribution in [0.25, 0.3) is 55.6 Å². The molecule has 60 heavy (non-hydrogen) atoms. The molecule has 0 unspecified atom stereocenters. The second-order valence-corrected chi connectivity index (χ2v) is 23.1. The summed E-state index contributed by atoms with van der Waals surface area (Å²) in [6.07, 6.45) is 0. The van der Waals surface area contributed by atoms with Crippen LogP contribution >= 0.6 is 0 Å². The van der Waals surface area contributed by atoms with Crippen LogP contribution < -0.4 is 0 Å². The van der Waals surface area contributed by atoms with Gasteiger partial charge in [-0.15, -0.1) is 0 Å². The third-order valence-corrected chi connectivity index (χ3v) is 13.8. The molecule has 0 heterocycles. The fraction of sp³-hybridized carbons (Fsp3) is 0.379. The van der Waals surface area contributed by atoms with Crippen molar-refractivity contribution in [1.82, 2.24) is 0 Å². The van der Waals surface area contributed by atoms with Crippen molar-refractivity contribution in [3.63, 3.8) is 0 Å². The summed E-state index contributed by atoms with van der Waals surface area (Å²) < 4.78 is 32.6. The van der Waals surface area contributed by atoms with Gasteiger partial charge in [0.2, 0.25) is 0 Å². The van der Waals surface area contributed by atoms with Crippen LogP contribution in [-0.2, 0) is 32.5 Å². The lowest BCUT2D eigenvalue weighted by atomic mass is 9.76. The quantitative estimate of drug-likeness (QED) is 0.167. The van der Waals surface area contributed by atoms with Crippen molar-refractivity contribution in [3.05, 3.63) is 153 Å². The summed E-state index contributed by atoms with van der Waals surface area (Å²) >= 11 is 0. The largest absolute Gasteiger partial charge is 0.207 e. The molecule has 0 saturated heterocycles. The lowest BCUT2D eigenvalue weighted by Crippen LogP contribution is -2.19. The van der Waals surface area contributed by atoms with Crippen LogP contribution in [0.15, 0.2) is 97.1 Å². The number of hydrogen-bond acceptors (Lipinski definition) is 0. The van der Waals surface area contributed by atoms with Crippen LogP contribution in [0, 0.1) is 11.6 Å². The first-order chi connectivity index (χ1) is 27.6. The monoisotopic (exact) mass is 798 g/mol. The fourth-order valence-electron chi connectivity index (χ4n) is 9.78. The van der Waals surface area contributed by atoms with Gasteiger partial charge in [-0.2, -0.15) is 0 Å². The molecule has 0 atom stereocenters. The molecule has 8 rings (SSSR count). The van der Waals surface area contributed by atoms with Crippen molar-refractivity contribution >= 4 is 0 Å². The number of hydrogen-bond donors (Lipinski definition) is 0. The predicted molar refractivity (Wildman–Crippen MR) is 253 cm³/mol. The molecular weight excluding hydrogens is 735 g/mol. The Bertz CT molecular complexity index is 2550. The number of halogens is 2. The van der Waals surface area contributed by atoms with E-state index in [0.717, 1.165) is 33.4 Å². The van der Waals surface area contributed by atoms with Crippen molar-refractivity contribution in [3.8, 4) is 55.6 Å². The smallest absolute Gasteiger partial charge is 0.124 e. The lowest BCUT2D eigenvalue weighted by molar-refractivity contribution is 0.579. The van der Waals surface area contributed by atoms with E-state index in [4.69, 9.17) is 0 Å². The Morgan fingerprint density at radius 2 is 0.617 bits per heavy atom. The molecule has 2 heteroatoms. The Kier molecular flexibility index (Phi) is 9.31. The Labute approximate surface area is 359 Å². The van der Waals surface area contributed by atoms with Gasteiger partial charge in [0.25, 0.3) is 0 Å². The van der Waals surface area contributed by atoms with E-state index < -0.39 is 0 Å². The molecule has 0 spiro atoms. The number of rotatable bonds is 3. The lowest BCUT2D eigenvalue weighted by Gasteiger charge is -2.27. The minimum absolute atomic E-state index is 0.00404. The summed E-state index contributed by atoms with van der Waals surface area (Å²) in [6, 6.07) is 33.7. The van der Waals surface area contributed by atoms with Gasteiger partial charge in [-0.1, -0.05) is 159 Å². The number of fused-ring (bicyclic) bond motifs is 6. The third kappa shape index (κ3) is 6.87. The van der Waals surface area contributed by atoms with E-state index in [1.807, 2.05) is 0 Å². The van der Waals surface area contributed by atoms with Crippen molar-refractivity contribution < 1.29 is 8.78 Å². The minimum Gasteiger partial charge on any atom is -0.207 e. The zero-order chi connectivity index (χ0) is 43.9. The second kappa shape index (κ2) is 13.3. The van der Waals surface area contributed by atoms with Gasteiger partial charge >= 0.3 is 0 Å². The standard InChI is InChI=1S/C58H64F2/c1-53(2,3)37-17-19-43-47(29-37)57(13,14)49-31-39(55(7,8)9)27-45(51(43)49)35-21-33(23-41(59)25-35)34-22-36(26-42(60)24-34)46-28-40(56(10,11)12)32-50-52(46)44-20-18-38(54(4,5)6)30-48(44)58(50,15)16/h17-32H,1-16H3. The molecule has 0 fully saturated rings. The van der Waals surface area contributed by atoms with Crippen molar-refractivity contribution in [2.75, 3.05) is 0 Å². The molecule has 0 aromatic heterocycles. The first-order valence-corrected chi connectivity index (χ1v) is 21.9. The molecule has 310 valence electrons. The van der Waals surface area contributed by atoms with E-state index in [1.54, 1.807) is 24.3 Å².